The quantitative estimate of drug-likeness (QED) is 0.522. The molecule has 10 nitrogen and oxygen atoms in total. The van der Waals surface area contributed by atoms with E-state index in [-0.39, 0.29) is 42.8 Å². The van der Waals surface area contributed by atoms with Gasteiger partial charge in [0.25, 0.3) is 11.5 Å². The summed E-state index contributed by atoms with van der Waals surface area (Å²) in [6, 6.07) is 3.76. The Morgan fingerprint density at radius 1 is 1.14 bits per heavy atom. The Kier molecular flexibility index (Phi) is 7.00. The average molecular weight is 522 g/mol. The molecule has 0 unspecified atom stereocenters. The molecule has 3 N–H and O–H groups in total. The van der Waals surface area contributed by atoms with Crippen LogP contribution >= 0.6 is 0 Å². The number of likely N-dealkylation sites (N-methyl/N-ethyl adjacent to an activating group) is 1. The van der Waals surface area contributed by atoms with Crippen molar-refractivity contribution >= 4 is 17.8 Å². The molecule has 2 amide bonds. The number of carboxylic acids is 1. The number of fused-ring (bicyclic) bond motifs is 1. The van der Waals surface area contributed by atoms with Crippen LogP contribution in [0.3, 0.4) is 0 Å². The van der Waals surface area contributed by atoms with E-state index < -0.39 is 47.0 Å². The highest BCUT2D eigenvalue weighted by molar-refractivity contribution is 5.98. The summed E-state index contributed by atoms with van der Waals surface area (Å²) in [6.45, 7) is -0.415. The van der Waals surface area contributed by atoms with Gasteiger partial charge in [0.2, 0.25) is 5.91 Å². The second-order valence-electron chi connectivity index (χ2n) is 9.14. The Morgan fingerprint density at radius 3 is 2.38 bits per heavy atom. The second kappa shape index (κ2) is 9.88. The number of carboxylic acid groups (broad SMARTS) is 1. The smallest absolute Gasteiger partial charge is 0.416 e. The van der Waals surface area contributed by atoms with Gasteiger partial charge in [-0.05, 0) is 44.1 Å². The van der Waals surface area contributed by atoms with Crippen molar-refractivity contribution in [3.05, 3.63) is 62.6 Å². The number of alkyl halides is 3. The first-order valence-electron chi connectivity index (χ1n) is 11.5. The van der Waals surface area contributed by atoms with Gasteiger partial charge in [-0.2, -0.15) is 13.2 Å². The lowest BCUT2D eigenvalue weighted by atomic mass is 10.1. The molecule has 0 radical (unpaired) electrons. The summed E-state index contributed by atoms with van der Waals surface area (Å²) in [7, 11) is 1.82. The van der Waals surface area contributed by atoms with Crippen LogP contribution in [0.2, 0.25) is 0 Å². The Balaban J connectivity index is 1.74. The second-order valence-corrected chi connectivity index (χ2v) is 9.14. The number of nitrogens with one attached hydrogen (secondary N) is 1. The lowest BCUT2D eigenvalue weighted by Gasteiger charge is -2.24. The van der Waals surface area contributed by atoms with Gasteiger partial charge in [0, 0.05) is 11.3 Å². The topological polar surface area (TPSA) is 132 Å². The zero-order chi connectivity index (χ0) is 27.1. The maximum absolute atomic E-state index is 13.4. The highest BCUT2D eigenvalue weighted by atomic mass is 19.4. The molecule has 1 atom stereocenters. The molecule has 0 saturated carbocycles. The van der Waals surface area contributed by atoms with E-state index in [2.05, 4.69) is 0 Å². The van der Waals surface area contributed by atoms with E-state index in [0.717, 1.165) is 29.7 Å². The van der Waals surface area contributed by atoms with Crippen molar-refractivity contribution < 1.29 is 37.8 Å². The van der Waals surface area contributed by atoms with Crippen molar-refractivity contribution in [3.8, 4) is 5.75 Å². The molecular formula is C24H25F3N4O6. The van der Waals surface area contributed by atoms with Gasteiger partial charge in [-0.15, -0.1) is 0 Å². The third-order valence-electron chi connectivity index (χ3n) is 6.71. The lowest BCUT2D eigenvalue weighted by Crippen LogP contribution is -2.42. The standard InChI is InChI=1S/C24H25F3N4O6/c1-29-8-2-3-16(29)22(36)30-11-15-17(12-30)31(10-13-4-6-14(7-5-13)24(25,26)27)23(37)19(20(15)34)21(35)28-9-18(32)33/h4-7,16,34H,2-3,8-12H2,1H3,(H,28,35)(H,32,33)/t16-/m1/s1. The number of carbonyl (C=O) groups is 3. The highest BCUT2D eigenvalue weighted by Crippen LogP contribution is 2.34. The van der Waals surface area contributed by atoms with Gasteiger partial charge in [0.1, 0.15) is 17.9 Å². The summed E-state index contributed by atoms with van der Waals surface area (Å²) in [6.07, 6.45) is -3.06. The molecule has 0 spiro atoms. The summed E-state index contributed by atoms with van der Waals surface area (Å²) in [5, 5.41) is 21.8. The minimum absolute atomic E-state index is 0.0427. The fourth-order valence-electron chi connectivity index (χ4n) is 4.77. The number of aromatic hydroxyl groups is 1. The number of aliphatic carboxylic acids is 1. The number of rotatable bonds is 6. The first-order chi connectivity index (χ1) is 17.4. The number of hydrogen-bond donors (Lipinski definition) is 3. The maximum Gasteiger partial charge on any atom is 0.416 e. The van der Waals surface area contributed by atoms with E-state index in [9.17, 15) is 37.5 Å². The van der Waals surface area contributed by atoms with E-state index in [1.54, 1.807) is 0 Å². The van der Waals surface area contributed by atoms with E-state index >= 15 is 0 Å². The highest BCUT2D eigenvalue weighted by Gasteiger charge is 2.38. The Labute approximate surface area is 208 Å². The van der Waals surface area contributed by atoms with Gasteiger partial charge >= 0.3 is 12.1 Å². The molecule has 1 saturated heterocycles. The molecule has 3 heterocycles. The van der Waals surface area contributed by atoms with Crippen molar-refractivity contribution in [2.24, 2.45) is 0 Å². The summed E-state index contributed by atoms with van der Waals surface area (Å²) in [5.74, 6) is -3.34. The molecule has 2 aromatic rings. The van der Waals surface area contributed by atoms with E-state index in [4.69, 9.17) is 5.11 Å². The zero-order valence-electron chi connectivity index (χ0n) is 19.8. The van der Waals surface area contributed by atoms with Crippen molar-refractivity contribution in [1.29, 1.82) is 0 Å². The normalized spacial score (nSPS) is 17.6. The molecule has 2 aliphatic rings. The number of pyridine rings is 1. The van der Waals surface area contributed by atoms with Crippen LogP contribution < -0.4 is 10.9 Å². The van der Waals surface area contributed by atoms with Crippen molar-refractivity contribution in [2.45, 2.75) is 44.7 Å². The summed E-state index contributed by atoms with van der Waals surface area (Å²) >= 11 is 0. The van der Waals surface area contributed by atoms with Crippen LogP contribution in [-0.2, 0) is 35.4 Å². The van der Waals surface area contributed by atoms with Gasteiger partial charge in [0.15, 0.2) is 0 Å². The zero-order valence-corrected chi connectivity index (χ0v) is 19.8. The molecule has 1 fully saturated rings. The minimum atomic E-state index is -4.54. The van der Waals surface area contributed by atoms with Crippen molar-refractivity contribution in [2.75, 3.05) is 20.1 Å². The lowest BCUT2D eigenvalue weighted by molar-refractivity contribution is -0.138. The largest absolute Gasteiger partial charge is 0.506 e. The fourth-order valence-corrected chi connectivity index (χ4v) is 4.77. The Bertz CT molecular complexity index is 1310. The van der Waals surface area contributed by atoms with Crippen molar-refractivity contribution in [1.82, 2.24) is 19.7 Å². The molecule has 0 bridgehead atoms. The average Bonchev–Trinajstić information content (AvgIpc) is 3.47. The Morgan fingerprint density at radius 2 is 1.81 bits per heavy atom. The fraction of sp³-hybridized carbons (Fsp3) is 0.417. The number of likely N-dealkylation sites (tertiary alicyclic amines) is 1. The number of halogens is 3. The number of amides is 2. The molecule has 4 rings (SSSR count). The monoisotopic (exact) mass is 522 g/mol. The van der Waals surface area contributed by atoms with Crippen LogP contribution in [0.15, 0.2) is 29.1 Å². The van der Waals surface area contributed by atoms with Gasteiger partial charge < -0.3 is 25.0 Å². The predicted molar refractivity (Wildman–Crippen MR) is 123 cm³/mol. The molecular weight excluding hydrogens is 497 g/mol. The van der Waals surface area contributed by atoms with Gasteiger partial charge in [-0.1, -0.05) is 12.1 Å². The number of aromatic nitrogens is 1. The van der Waals surface area contributed by atoms with Crippen LogP contribution in [0.5, 0.6) is 5.75 Å². The molecule has 2 aliphatic heterocycles. The minimum Gasteiger partial charge on any atom is -0.506 e. The number of carbonyl (C=O) groups excluding carboxylic acids is 2. The van der Waals surface area contributed by atoms with Crippen LogP contribution in [0.25, 0.3) is 0 Å². The van der Waals surface area contributed by atoms with Crippen LogP contribution in [0, 0.1) is 0 Å². The predicted octanol–water partition coefficient (Wildman–Crippen LogP) is 1.37. The molecule has 13 heteroatoms. The van der Waals surface area contributed by atoms with E-state index in [1.807, 2.05) is 17.3 Å². The molecule has 0 aliphatic carbocycles. The summed E-state index contributed by atoms with van der Waals surface area (Å²) in [5.41, 5.74) is -1.79. The van der Waals surface area contributed by atoms with E-state index in [0.29, 0.717) is 12.0 Å². The van der Waals surface area contributed by atoms with Crippen LogP contribution in [0.4, 0.5) is 13.2 Å². The van der Waals surface area contributed by atoms with Crippen LogP contribution in [0.1, 0.15) is 45.6 Å². The third-order valence-corrected chi connectivity index (χ3v) is 6.71. The van der Waals surface area contributed by atoms with Gasteiger partial charge in [-0.25, -0.2) is 0 Å². The third kappa shape index (κ3) is 5.17. The summed E-state index contributed by atoms with van der Waals surface area (Å²) in [4.78, 5) is 53.4. The van der Waals surface area contributed by atoms with Gasteiger partial charge in [0.05, 0.1) is 31.2 Å². The first-order valence-corrected chi connectivity index (χ1v) is 11.5. The Hall–Kier alpha value is -3.87. The van der Waals surface area contributed by atoms with Crippen molar-refractivity contribution in [3.63, 3.8) is 0 Å². The molecule has 1 aromatic carbocycles. The number of hydrogen-bond acceptors (Lipinski definition) is 6. The summed E-state index contributed by atoms with van der Waals surface area (Å²) < 4.78 is 40.0. The maximum atomic E-state index is 13.4. The van der Waals surface area contributed by atoms with Gasteiger partial charge in [-0.3, -0.25) is 24.1 Å². The SMILES string of the molecule is CN1CCC[C@@H]1C(=O)N1Cc2c(O)c(C(=O)NCC(=O)O)c(=O)n(Cc3ccc(C(F)(F)F)cc3)c2C1. The number of benzene rings is 1. The number of nitrogens with zero attached hydrogens (tertiary/aromatic N) is 3. The van der Waals surface area contributed by atoms with Crippen LogP contribution in [-0.4, -0.2) is 68.5 Å². The first kappa shape index (κ1) is 26.2. The molecule has 37 heavy (non-hydrogen) atoms. The molecule has 1 aromatic heterocycles. The molecule has 198 valence electrons. The van der Waals surface area contributed by atoms with E-state index in [1.165, 1.54) is 17.0 Å².